The lowest BCUT2D eigenvalue weighted by molar-refractivity contribution is 0.0513. The summed E-state index contributed by atoms with van der Waals surface area (Å²) >= 11 is 0. The predicted octanol–water partition coefficient (Wildman–Crippen LogP) is 1.09. The average molecular weight is 247 g/mol. The lowest BCUT2D eigenvalue weighted by Gasteiger charge is -2.16. The van der Waals surface area contributed by atoms with Crippen molar-refractivity contribution in [2.75, 3.05) is 6.61 Å². The third-order valence-electron chi connectivity index (χ3n) is 2.55. The Morgan fingerprint density at radius 2 is 2.44 bits per heavy atom. The molecule has 1 atom stereocenters. The van der Waals surface area contributed by atoms with E-state index < -0.39 is 5.97 Å². The number of aryl methyl sites for hydroxylation is 1. The summed E-state index contributed by atoms with van der Waals surface area (Å²) in [6.45, 7) is 2.10. The molecule has 0 saturated carbocycles. The van der Waals surface area contributed by atoms with Crippen molar-refractivity contribution in [3.8, 4) is 0 Å². The molecule has 0 aromatic carbocycles. The largest absolute Gasteiger partial charge is 0.461 e. The molecule has 2 N–H and O–H groups in total. The van der Waals surface area contributed by atoms with Crippen LogP contribution in [0.25, 0.3) is 0 Å². The third kappa shape index (κ3) is 2.36. The van der Waals surface area contributed by atoms with Gasteiger partial charge in [-0.05, 0) is 19.8 Å². The zero-order valence-electron chi connectivity index (χ0n) is 9.06. The van der Waals surface area contributed by atoms with Gasteiger partial charge in [-0.25, -0.2) is 4.79 Å². The number of hydrogen-bond acceptors (Lipinski definition) is 5. The van der Waals surface area contributed by atoms with E-state index in [1.807, 2.05) is 0 Å². The average Bonchev–Trinajstić information content (AvgIpc) is 2.60. The molecule has 2 rings (SSSR count). The van der Waals surface area contributed by atoms with Crippen molar-refractivity contribution >= 4 is 18.4 Å². The molecule has 6 heteroatoms. The van der Waals surface area contributed by atoms with Crippen LogP contribution in [-0.4, -0.2) is 23.8 Å². The van der Waals surface area contributed by atoms with Crippen LogP contribution < -0.4 is 5.73 Å². The number of halogens is 1. The maximum atomic E-state index is 11.5. The van der Waals surface area contributed by atoms with Crippen molar-refractivity contribution in [3.05, 3.63) is 17.0 Å². The Hall–Kier alpha value is -1.07. The zero-order chi connectivity index (χ0) is 10.8. The van der Waals surface area contributed by atoms with Crippen LogP contribution in [0, 0.1) is 0 Å². The highest BCUT2D eigenvalue weighted by Gasteiger charge is 2.27. The molecule has 90 valence electrons. The van der Waals surface area contributed by atoms with Crippen LogP contribution in [0.4, 0.5) is 0 Å². The van der Waals surface area contributed by atoms with E-state index in [-0.39, 0.29) is 18.4 Å². The lowest BCUT2D eigenvalue weighted by atomic mass is 9.93. The van der Waals surface area contributed by atoms with E-state index in [0.717, 1.165) is 24.2 Å². The van der Waals surface area contributed by atoms with E-state index in [1.54, 1.807) is 6.92 Å². The Morgan fingerprint density at radius 3 is 3.12 bits per heavy atom. The van der Waals surface area contributed by atoms with Crippen molar-refractivity contribution in [1.29, 1.82) is 0 Å². The first-order valence-corrected chi connectivity index (χ1v) is 5.12. The second-order valence-corrected chi connectivity index (χ2v) is 3.66. The number of aromatic nitrogens is 1. The van der Waals surface area contributed by atoms with Gasteiger partial charge in [0.05, 0.1) is 6.61 Å². The molecule has 16 heavy (non-hydrogen) atoms. The van der Waals surface area contributed by atoms with Crippen LogP contribution in [-0.2, 0) is 17.6 Å². The van der Waals surface area contributed by atoms with Gasteiger partial charge in [-0.1, -0.05) is 5.16 Å². The van der Waals surface area contributed by atoms with E-state index >= 15 is 0 Å². The molecule has 1 aromatic rings. The topological polar surface area (TPSA) is 78.3 Å². The minimum absolute atomic E-state index is 0. The number of esters is 1. The van der Waals surface area contributed by atoms with E-state index in [9.17, 15) is 4.79 Å². The van der Waals surface area contributed by atoms with E-state index in [2.05, 4.69) is 5.16 Å². The number of nitrogens with zero attached hydrogens (tertiary/aromatic N) is 1. The molecule has 0 saturated heterocycles. The fourth-order valence-electron chi connectivity index (χ4n) is 1.79. The molecule has 1 aromatic heterocycles. The highest BCUT2D eigenvalue weighted by Crippen LogP contribution is 2.24. The monoisotopic (exact) mass is 246 g/mol. The predicted molar refractivity (Wildman–Crippen MR) is 59.7 cm³/mol. The third-order valence-corrected chi connectivity index (χ3v) is 2.55. The summed E-state index contributed by atoms with van der Waals surface area (Å²) in [7, 11) is 0. The van der Waals surface area contributed by atoms with Crippen LogP contribution in [0.3, 0.4) is 0 Å². The highest BCUT2D eigenvalue weighted by molar-refractivity contribution is 5.89. The molecule has 0 aliphatic heterocycles. The first kappa shape index (κ1) is 13.0. The SMILES string of the molecule is CCOC(=O)c1noc2c1CC(N)CC2.Cl. The fraction of sp³-hybridized carbons (Fsp3) is 0.600. The Bertz CT molecular complexity index is 378. The summed E-state index contributed by atoms with van der Waals surface area (Å²) in [5.41, 5.74) is 6.95. The van der Waals surface area contributed by atoms with Crippen molar-refractivity contribution in [2.45, 2.75) is 32.2 Å². The van der Waals surface area contributed by atoms with Gasteiger partial charge in [-0.15, -0.1) is 12.4 Å². The first-order valence-electron chi connectivity index (χ1n) is 5.12. The standard InChI is InChI=1S/C10H14N2O3.ClH/c1-2-14-10(13)9-7-5-6(11)3-4-8(7)15-12-9;/h6H,2-5,11H2,1H3;1H. The van der Waals surface area contributed by atoms with Crippen LogP contribution in [0.2, 0.25) is 0 Å². The van der Waals surface area contributed by atoms with Gasteiger partial charge in [0, 0.05) is 18.0 Å². The lowest BCUT2D eigenvalue weighted by Crippen LogP contribution is -2.28. The van der Waals surface area contributed by atoms with Crippen molar-refractivity contribution in [3.63, 3.8) is 0 Å². The van der Waals surface area contributed by atoms with Crippen LogP contribution in [0.5, 0.6) is 0 Å². The van der Waals surface area contributed by atoms with E-state index in [0.29, 0.717) is 18.7 Å². The molecular formula is C10H15ClN2O3. The molecule has 0 spiro atoms. The van der Waals surface area contributed by atoms with Gasteiger partial charge in [0.15, 0.2) is 5.69 Å². The fourth-order valence-corrected chi connectivity index (χ4v) is 1.79. The number of carbonyl (C=O) groups is 1. The first-order chi connectivity index (χ1) is 7.22. The zero-order valence-corrected chi connectivity index (χ0v) is 9.88. The maximum absolute atomic E-state index is 11.5. The molecule has 1 aliphatic carbocycles. The minimum atomic E-state index is -0.420. The molecule has 0 radical (unpaired) electrons. The molecular weight excluding hydrogens is 232 g/mol. The molecule has 1 heterocycles. The summed E-state index contributed by atoms with van der Waals surface area (Å²) in [6.07, 6.45) is 2.28. The van der Waals surface area contributed by atoms with Gasteiger partial charge in [-0.3, -0.25) is 0 Å². The number of ether oxygens (including phenoxy) is 1. The number of hydrogen-bond donors (Lipinski definition) is 1. The van der Waals surface area contributed by atoms with Crippen molar-refractivity contribution in [2.24, 2.45) is 5.73 Å². The number of nitrogens with two attached hydrogens (primary N) is 1. The van der Waals surface area contributed by atoms with Gasteiger partial charge in [-0.2, -0.15) is 0 Å². The smallest absolute Gasteiger partial charge is 0.360 e. The molecule has 5 nitrogen and oxygen atoms in total. The van der Waals surface area contributed by atoms with Crippen LogP contribution in [0.1, 0.15) is 35.2 Å². The Balaban J connectivity index is 0.00000128. The Morgan fingerprint density at radius 1 is 1.69 bits per heavy atom. The summed E-state index contributed by atoms with van der Waals surface area (Å²) in [6, 6.07) is 0.0880. The maximum Gasteiger partial charge on any atom is 0.360 e. The Kier molecular flexibility index (Phi) is 4.32. The van der Waals surface area contributed by atoms with Crippen molar-refractivity contribution < 1.29 is 14.1 Å². The van der Waals surface area contributed by atoms with Gasteiger partial charge in [0.25, 0.3) is 0 Å². The molecule has 0 bridgehead atoms. The molecule has 0 fully saturated rings. The normalized spacial score (nSPS) is 18.5. The van der Waals surface area contributed by atoms with E-state index in [4.69, 9.17) is 15.0 Å². The molecule has 0 amide bonds. The van der Waals surface area contributed by atoms with E-state index in [1.165, 1.54) is 0 Å². The van der Waals surface area contributed by atoms with Crippen molar-refractivity contribution in [1.82, 2.24) is 5.16 Å². The van der Waals surface area contributed by atoms with Crippen LogP contribution >= 0.6 is 12.4 Å². The minimum Gasteiger partial charge on any atom is -0.461 e. The van der Waals surface area contributed by atoms with Gasteiger partial charge in [0.2, 0.25) is 0 Å². The van der Waals surface area contributed by atoms with Crippen LogP contribution in [0.15, 0.2) is 4.52 Å². The second kappa shape index (κ2) is 5.32. The molecule has 1 aliphatic rings. The summed E-state index contributed by atoms with van der Waals surface area (Å²) in [5, 5.41) is 3.75. The summed E-state index contributed by atoms with van der Waals surface area (Å²) < 4.78 is 9.98. The number of rotatable bonds is 2. The summed E-state index contributed by atoms with van der Waals surface area (Å²) in [4.78, 5) is 11.5. The summed E-state index contributed by atoms with van der Waals surface area (Å²) in [5.74, 6) is 0.358. The number of fused-ring (bicyclic) bond motifs is 1. The Labute approximate surface area is 99.7 Å². The van der Waals surface area contributed by atoms with Gasteiger partial charge in [0.1, 0.15) is 5.76 Å². The quantitative estimate of drug-likeness (QED) is 0.791. The van der Waals surface area contributed by atoms with Gasteiger partial charge >= 0.3 is 5.97 Å². The number of carbonyl (C=O) groups excluding carboxylic acids is 1. The van der Waals surface area contributed by atoms with Gasteiger partial charge < -0.3 is 15.0 Å². The molecule has 1 unspecified atom stereocenters. The highest BCUT2D eigenvalue weighted by atomic mass is 35.5. The second-order valence-electron chi connectivity index (χ2n) is 3.66.